The number of ketones is 1. The largest absolute Gasteiger partial charge is 0.350 e. The van der Waals surface area contributed by atoms with Crippen molar-refractivity contribution in [3.05, 3.63) is 66.1 Å². The van der Waals surface area contributed by atoms with Crippen molar-refractivity contribution in [3.63, 3.8) is 0 Å². The van der Waals surface area contributed by atoms with Gasteiger partial charge in [-0.2, -0.15) is 0 Å². The predicted molar refractivity (Wildman–Crippen MR) is 83.2 cm³/mol. The van der Waals surface area contributed by atoms with E-state index in [1.54, 1.807) is 6.20 Å². The molecule has 0 amide bonds. The quantitative estimate of drug-likeness (QED) is 0.730. The van der Waals surface area contributed by atoms with Crippen molar-refractivity contribution in [1.82, 2.24) is 14.9 Å². The second-order valence-electron chi connectivity index (χ2n) is 5.02. The number of Topliss-reactive ketones (excluding diaryl/α,β-unsaturated/α-hetero) is 1. The number of hydrogen-bond donors (Lipinski definition) is 1. The van der Waals surface area contributed by atoms with Gasteiger partial charge in [0.25, 0.3) is 0 Å². The Kier molecular flexibility index (Phi) is 3.79. The standard InChI is InChI=1S/C17H17N3O/c1-20-12-15(14-7-2-3-8-16(14)20)17(21)11-18-10-13-6-4-5-9-19-13/h2-9,12,18H,10-11H2,1H3. The van der Waals surface area contributed by atoms with Crippen LogP contribution in [0.4, 0.5) is 0 Å². The molecule has 0 bridgehead atoms. The molecule has 0 saturated heterocycles. The summed E-state index contributed by atoms with van der Waals surface area (Å²) in [5.41, 5.74) is 2.77. The highest BCUT2D eigenvalue weighted by atomic mass is 16.1. The number of carbonyl (C=O) groups is 1. The molecular formula is C17H17N3O. The summed E-state index contributed by atoms with van der Waals surface area (Å²) in [5, 5.41) is 4.16. The first-order chi connectivity index (χ1) is 10.3. The van der Waals surface area contributed by atoms with E-state index >= 15 is 0 Å². The Morgan fingerprint density at radius 3 is 2.81 bits per heavy atom. The van der Waals surface area contributed by atoms with Crippen molar-refractivity contribution >= 4 is 16.7 Å². The molecule has 1 N–H and O–H groups in total. The number of aromatic nitrogens is 2. The van der Waals surface area contributed by atoms with Gasteiger partial charge in [-0.25, -0.2) is 0 Å². The monoisotopic (exact) mass is 279 g/mol. The van der Waals surface area contributed by atoms with Crippen molar-refractivity contribution in [3.8, 4) is 0 Å². The van der Waals surface area contributed by atoms with Crippen LogP contribution in [-0.2, 0) is 13.6 Å². The molecule has 0 aliphatic heterocycles. The average molecular weight is 279 g/mol. The smallest absolute Gasteiger partial charge is 0.178 e. The number of nitrogens with zero attached hydrogens (tertiary/aromatic N) is 2. The van der Waals surface area contributed by atoms with E-state index in [1.165, 1.54) is 0 Å². The molecule has 3 aromatic rings. The summed E-state index contributed by atoms with van der Waals surface area (Å²) in [4.78, 5) is 16.6. The van der Waals surface area contributed by atoms with Gasteiger partial charge in [0.15, 0.2) is 5.78 Å². The van der Waals surface area contributed by atoms with Gasteiger partial charge in [-0.1, -0.05) is 24.3 Å². The average Bonchev–Trinajstić information content (AvgIpc) is 2.86. The topological polar surface area (TPSA) is 46.9 Å². The number of pyridine rings is 1. The maximum absolute atomic E-state index is 12.4. The summed E-state index contributed by atoms with van der Waals surface area (Å²) in [6.45, 7) is 0.905. The van der Waals surface area contributed by atoms with Crippen molar-refractivity contribution < 1.29 is 4.79 Å². The van der Waals surface area contributed by atoms with E-state index in [0.29, 0.717) is 13.1 Å². The van der Waals surface area contributed by atoms with Crippen LogP contribution in [0.1, 0.15) is 16.1 Å². The van der Waals surface area contributed by atoms with Gasteiger partial charge in [0.1, 0.15) is 0 Å². The van der Waals surface area contributed by atoms with Gasteiger partial charge in [0.2, 0.25) is 0 Å². The summed E-state index contributed by atoms with van der Waals surface area (Å²) < 4.78 is 1.99. The third-order valence-electron chi connectivity index (χ3n) is 3.52. The molecule has 106 valence electrons. The second-order valence-corrected chi connectivity index (χ2v) is 5.02. The van der Waals surface area contributed by atoms with Gasteiger partial charge in [-0.3, -0.25) is 9.78 Å². The Balaban J connectivity index is 1.70. The number of rotatable bonds is 5. The zero-order valence-electron chi connectivity index (χ0n) is 11.9. The van der Waals surface area contributed by atoms with E-state index in [1.807, 2.05) is 60.3 Å². The van der Waals surface area contributed by atoms with E-state index < -0.39 is 0 Å². The minimum absolute atomic E-state index is 0.0998. The SMILES string of the molecule is Cn1cc(C(=O)CNCc2ccccn2)c2ccccc21. The zero-order valence-corrected chi connectivity index (χ0v) is 11.9. The molecule has 0 radical (unpaired) electrons. The van der Waals surface area contributed by atoms with Crippen LogP contribution in [0, 0.1) is 0 Å². The number of benzene rings is 1. The van der Waals surface area contributed by atoms with Gasteiger partial charge in [-0.05, 0) is 18.2 Å². The first-order valence-corrected chi connectivity index (χ1v) is 6.93. The maximum Gasteiger partial charge on any atom is 0.178 e. The number of hydrogen-bond acceptors (Lipinski definition) is 3. The normalized spacial score (nSPS) is 10.9. The lowest BCUT2D eigenvalue weighted by atomic mass is 10.1. The van der Waals surface area contributed by atoms with E-state index in [0.717, 1.165) is 22.2 Å². The summed E-state index contributed by atoms with van der Waals surface area (Å²) in [5.74, 6) is 0.0998. The molecule has 2 heterocycles. The first kappa shape index (κ1) is 13.5. The number of fused-ring (bicyclic) bond motifs is 1. The number of carbonyl (C=O) groups excluding carboxylic acids is 1. The van der Waals surface area contributed by atoms with Gasteiger partial charge >= 0.3 is 0 Å². The fourth-order valence-electron chi connectivity index (χ4n) is 2.47. The molecule has 1 aromatic carbocycles. The summed E-state index contributed by atoms with van der Waals surface area (Å²) in [7, 11) is 1.96. The molecule has 0 aliphatic carbocycles. The zero-order chi connectivity index (χ0) is 14.7. The van der Waals surface area contributed by atoms with E-state index in [9.17, 15) is 4.79 Å². The fourth-order valence-corrected chi connectivity index (χ4v) is 2.47. The molecular weight excluding hydrogens is 262 g/mol. The molecule has 0 spiro atoms. The van der Waals surface area contributed by atoms with Crippen LogP contribution < -0.4 is 5.32 Å². The number of aryl methyl sites for hydroxylation is 1. The molecule has 2 aromatic heterocycles. The number of para-hydroxylation sites is 1. The minimum Gasteiger partial charge on any atom is -0.350 e. The lowest BCUT2D eigenvalue weighted by Gasteiger charge is -2.03. The molecule has 3 rings (SSSR count). The van der Waals surface area contributed by atoms with Gasteiger partial charge < -0.3 is 9.88 Å². The van der Waals surface area contributed by atoms with E-state index in [-0.39, 0.29) is 5.78 Å². The third-order valence-corrected chi connectivity index (χ3v) is 3.52. The Bertz CT molecular complexity index is 762. The Morgan fingerprint density at radius 2 is 2.00 bits per heavy atom. The maximum atomic E-state index is 12.4. The van der Waals surface area contributed by atoms with Crippen LogP contribution in [0.25, 0.3) is 10.9 Å². The van der Waals surface area contributed by atoms with E-state index in [2.05, 4.69) is 10.3 Å². The molecule has 4 nitrogen and oxygen atoms in total. The van der Waals surface area contributed by atoms with E-state index in [4.69, 9.17) is 0 Å². The Morgan fingerprint density at radius 1 is 1.19 bits per heavy atom. The van der Waals surface area contributed by atoms with Gasteiger partial charge in [0, 0.05) is 42.5 Å². The lowest BCUT2D eigenvalue weighted by molar-refractivity contribution is 0.0992. The highest BCUT2D eigenvalue weighted by Gasteiger charge is 2.12. The predicted octanol–water partition coefficient (Wildman–Crippen LogP) is 2.55. The lowest BCUT2D eigenvalue weighted by Crippen LogP contribution is -2.22. The van der Waals surface area contributed by atoms with Crippen LogP contribution in [0.15, 0.2) is 54.9 Å². The first-order valence-electron chi connectivity index (χ1n) is 6.93. The second kappa shape index (κ2) is 5.89. The minimum atomic E-state index is 0.0998. The van der Waals surface area contributed by atoms with Crippen LogP contribution in [0.5, 0.6) is 0 Å². The van der Waals surface area contributed by atoms with Crippen molar-refractivity contribution in [1.29, 1.82) is 0 Å². The van der Waals surface area contributed by atoms with Gasteiger partial charge in [-0.15, -0.1) is 0 Å². The third kappa shape index (κ3) is 2.85. The molecule has 0 unspecified atom stereocenters. The summed E-state index contributed by atoms with van der Waals surface area (Å²) in [6, 6.07) is 13.7. The van der Waals surface area contributed by atoms with Crippen LogP contribution in [0.2, 0.25) is 0 Å². The molecule has 0 saturated carbocycles. The Labute approximate surface area is 123 Å². The number of nitrogens with one attached hydrogen (secondary N) is 1. The Hall–Kier alpha value is -2.46. The van der Waals surface area contributed by atoms with Crippen LogP contribution >= 0.6 is 0 Å². The molecule has 0 aliphatic rings. The molecule has 0 atom stereocenters. The molecule has 4 heteroatoms. The van der Waals surface area contributed by atoms with Crippen LogP contribution in [0.3, 0.4) is 0 Å². The summed E-state index contributed by atoms with van der Waals surface area (Å²) >= 11 is 0. The molecule has 0 fully saturated rings. The summed E-state index contributed by atoms with van der Waals surface area (Å²) in [6.07, 6.45) is 3.65. The molecule has 21 heavy (non-hydrogen) atoms. The highest BCUT2D eigenvalue weighted by Crippen LogP contribution is 2.20. The van der Waals surface area contributed by atoms with Crippen molar-refractivity contribution in [2.75, 3.05) is 6.54 Å². The van der Waals surface area contributed by atoms with Crippen molar-refractivity contribution in [2.45, 2.75) is 6.54 Å². The van der Waals surface area contributed by atoms with Crippen molar-refractivity contribution in [2.24, 2.45) is 7.05 Å². The van der Waals surface area contributed by atoms with Gasteiger partial charge in [0.05, 0.1) is 12.2 Å². The fraction of sp³-hybridized carbons (Fsp3) is 0.176. The van der Waals surface area contributed by atoms with Crippen LogP contribution in [-0.4, -0.2) is 21.9 Å². The highest BCUT2D eigenvalue weighted by molar-refractivity contribution is 6.09.